The number of non-ortho nitro benzene ring substituents is 1. The summed E-state index contributed by atoms with van der Waals surface area (Å²) in [5.74, 6) is -0.348. The van der Waals surface area contributed by atoms with Gasteiger partial charge in [0.15, 0.2) is 11.6 Å². The number of ketones is 1. The molecule has 1 N–H and O–H groups in total. The van der Waals surface area contributed by atoms with Crippen molar-refractivity contribution in [3.8, 4) is 5.75 Å². The Balaban J connectivity index is 1.65. The van der Waals surface area contributed by atoms with E-state index in [1.807, 2.05) is 0 Å². The predicted octanol–water partition coefficient (Wildman–Crippen LogP) is 4.60. The van der Waals surface area contributed by atoms with Crippen molar-refractivity contribution in [3.63, 3.8) is 0 Å². The Labute approximate surface area is 153 Å². The molecule has 27 heavy (non-hydrogen) atoms. The third kappa shape index (κ3) is 3.10. The number of anilines is 2. The largest absolute Gasteiger partial charge is 0.488 e. The molecule has 1 heterocycles. The maximum atomic E-state index is 14.1. The first-order chi connectivity index (χ1) is 13.0. The smallest absolute Gasteiger partial charge is 0.272 e. The molecule has 0 unspecified atom stereocenters. The molecule has 0 fully saturated rings. The molecule has 134 valence electrons. The van der Waals surface area contributed by atoms with E-state index >= 15 is 0 Å². The van der Waals surface area contributed by atoms with E-state index in [9.17, 15) is 19.3 Å². The fourth-order valence-corrected chi connectivity index (χ4v) is 2.97. The number of halogens is 1. The second-order valence-corrected chi connectivity index (χ2v) is 6.03. The van der Waals surface area contributed by atoms with Crippen molar-refractivity contribution >= 4 is 22.8 Å². The third-order valence-electron chi connectivity index (χ3n) is 4.31. The van der Waals surface area contributed by atoms with Crippen molar-refractivity contribution in [3.05, 3.63) is 93.3 Å². The Kier molecular flexibility index (Phi) is 4.04. The van der Waals surface area contributed by atoms with E-state index in [0.29, 0.717) is 28.1 Å². The number of nitrogens with one attached hydrogen (secondary N) is 1. The van der Waals surface area contributed by atoms with Crippen LogP contribution in [0.5, 0.6) is 5.75 Å². The molecule has 3 aromatic rings. The first-order valence-corrected chi connectivity index (χ1v) is 8.13. The van der Waals surface area contributed by atoms with Crippen molar-refractivity contribution in [1.82, 2.24) is 0 Å². The number of nitrogens with zero attached hydrogens (tertiary/aromatic N) is 1. The van der Waals surface area contributed by atoms with Gasteiger partial charge < -0.3 is 10.1 Å². The van der Waals surface area contributed by atoms with Crippen molar-refractivity contribution in [2.45, 2.75) is 6.61 Å². The lowest BCUT2D eigenvalue weighted by Gasteiger charge is -2.11. The molecule has 4 rings (SSSR count). The fraction of sp³-hybridized carbons (Fsp3) is 0.0500. The number of hydrogen-bond donors (Lipinski definition) is 1. The Morgan fingerprint density at radius 2 is 1.85 bits per heavy atom. The van der Waals surface area contributed by atoms with Gasteiger partial charge in [-0.15, -0.1) is 0 Å². The molecule has 0 amide bonds. The lowest BCUT2D eigenvalue weighted by Crippen LogP contribution is -2.04. The molecule has 1 aliphatic heterocycles. The summed E-state index contributed by atoms with van der Waals surface area (Å²) in [6.07, 6.45) is 0. The molecule has 0 saturated carbocycles. The minimum absolute atomic E-state index is 0.102. The highest BCUT2D eigenvalue weighted by Crippen LogP contribution is 2.31. The van der Waals surface area contributed by atoms with Gasteiger partial charge in [-0.2, -0.15) is 0 Å². The summed E-state index contributed by atoms with van der Waals surface area (Å²) in [6, 6.07) is 15.4. The number of ether oxygens (including phenoxy) is 1. The number of rotatable bonds is 3. The van der Waals surface area contributed by atoms with Crippen molar-refractivity contribution in [2.75, 3.05) is 5.32 Å². The molecular formula is C20H13FN2O4. The standard InChI is InChI=1S/C20H13FN2O4/c21-17-10-14(23(25)26)6-8-18(17)22-13-5-7-15-12(9-13)11-27-19-4-2-1-3-16(19)20(15)24/h1-10,22H,11H2. The van der Waals surface area contributed by atoms with E-state index in [4.69, 9.17) is 4.74 Å². The number of nitro groups is 1. The summed E-state index contributed by atoms with van der Waals surface area (Å²) in [5.41, 5.74) is 2.02. The van der Waals surface area contributed by atoms with Crippen LogP contribution in [0.1, 0.15) is 21.5 Å². The van der Waals surface area contributed by atoms with Gasteiger partial charge in [0, 0.05) is 22.9 Å². The minimum Gasteiger partial charge on any atom is -0.488 e. The van der Waals surface area contributed by atoms with Crippen LogP contribution in [-0.2, 0) is 6.61 Å². The molecule has 0 bridgehead atoms. The normalized spacial score (nSPS) is 12.4. The fourth-order valence-electron chi connectivity index (χ4n) is 2.97. The van der Waals surface area contributed by atoms with Crippen molar-refractivity contribution in [1.29, 1.82) is 0 Å². The highest BCUT2D eigenvalue weighted by atomic mass is 19.1. The van der Waals surface area contributed by atoms with Gasteiger partial charge in [-0.3, -0.25) is 14.9 Å². The zero-order valence-corrected chi connectivity index (χ0v) is 13.9. The molecule has 0 saturated heterocycles. The predicted molar refractivity (Wildman–Crippen MR) is 97.0 cm³/mol. The third-order valence-corrected chi connectivity index (χ3v) is 4.31. The number of nitro benzene ring substituents is 1. The van der Waals surface area contributed by atoms with Crippen LogP contribution in [0.2, 0.25) is 0 Å². The van der Waals surface area contributed by atoms with Gasteiger partial charge >= 0.3 is 0 Å². The Hall–Kier alpha value is -3.74. The zero-order valence-electron chi connectivity index (χ0n) is 13.9. The Bertz CT molecular complexity index is 1080. The number of para-hydroxylation sites is 1. The Morgan fingerprint density at radius 1 is 1.04 bits per heavy atom. The molecule has 7 heteroatoms. The molecule has 6 nitrogen and oxygen atoms in total. The summed E-state index contributed by atoms with van der Waals surface area (Å²) >= 11 is 0. The van der Waals surface area contributed by atoms with E-state index < -0.39 is 10.7 Å². The quantitative estimate of drug-likeness (QED) is 0.542. The lowest BCUT2D eigenvalue weighted by molar-refractivity contribution is -0.385. The second kappa shape index (κ2) is 6.53. The second-order valence-electron chi connectivity index (χ2n) is 6.03. The van der Waals surface area contributed by atoms with Gasteiger partial charge in [0.25, 0.3) is 5.69 Å². The maximum absolute atomic E-state index is 14.1. The van der Waals surface area contributed by atoms with Crippen LogP contribution in [0, 0.1) is 15.9 Å². The molecular weight excluding hydrogens is 351 g/mol. The van der Waals surface area contributed by atoms with Crippen LogP contribution in [-0.4, -0.2) is 10.7 Å². The van der Waals surface area contributed by atoms with Gasteiger partial charge in [0.2, 0.25) is 0 Å². The number of carbonyl (C=O) groups excluding carboxylic acids is 1. The summed E-state index contributed by atoms with van der Waals surface area (Å²) in [7, 11) is 0. The van der Waals surface area contributed by atoms with Crippen LogP contribution in [0.3, 0.4) is 0 Å². The first kappa shape index (κ1) is 16.7. The molecule has 0 aliphatic carbocycles. The highest BCUT2D eigenvalue weighted by Gasteiger charge is 2.22. The molecule has 0 aromatic heterocycles. The topological polar surface area (TPSA) is 81.5 Å². The number of hydrogen-bond acceptors (Lipinski definition) is 5. The summed E-state index contributed by atoms with van der Waals surface area (Å²) < 4.78 is 19.8. The average molecular weight is 364 g/mol. The summed E-state index contributed by atoms with van der Waals surface area (Å²) in [5, 5.41) is 13.6. The van der Waals surface area contributed by atoms with E-state index in [1.165, 1.54) is 12.1 Å². The molecule has 0 spiro atoms. The number of fused-ring (bicyclic) bond motifs is 2. The lowest BCUT2D eigenvalue weighted by atomic mass is 9.98. The van der Waals surface area contributed by atoms with Gasteiger partial charge in [-0.25, -0.2) is 4.39 Å². The van der Waals surface area contributed by atoms with Crippen LogP contribution in [0.4, 0.5) is 21.5 Å². The van der Waals surface area contributed by atoms with Gasteiger partial charge in [0.05, 0.1) is 22.2 Å². The molecule has 3 aromatic carbocycles. The first-order valence-electron chi connectivity index (χ1n) is 8.13. The average Bonchev–Trinajstić information content (AvgIpc) is 2.80. The highest BCUT2D eigenvalue weighted by molar-refractivity contribution is 6.12. The van der Waals surface area contributed by atoms with Crippen LogP contribution < -0.4 is 10.1 Å². The molecule has 0 atom stereocenters. The minimum atomic E-state index is -0.737. The molecule has 0 radical (unpaired) electrons. The number of carbonyl (C=O) groups is 1. The van der Waals surface area contributed by atoms with E-state index in [-0.39, 0.29) is 23.8 Å². The Morgan fingerprint density at radius 3 is 2.63 bits per heavy atom. The number of benzene rings is 3. The molecule has 1 aliphatic rings. The monoisotopic (exact) mass is 364 g/mol. The van der Waals surface area contributed by atoms with E-state index in [2.05, 4.69) is 5.32 Å². The van der Waals surface area contributed by atoms with Gasteiger partial charge in [-0.05, 0) is 36.4 Å². The van der Waals surface area contributed by atoms with Crippen LogP contribution >= 0.6 is 0 Å². The van der Waals surface area contributed by atoms with Crippen LogP contribution in [0.25, 0.3) is 0 Å². The van der Waals surface area contributed by atoms with Crippen molar-refractivity contribution < 1.29 is 18.8 Å². The van der Waals surface area contributed by atoms with Gasteiger partial charge in [-0.1, -0.05) is 12.1 Å². The SMILES string of the molecule is O=C1c2ccc(Nc3ccc([N+](=O)[O-])cc3F)cc2COc2ccccc21. The van der Waals surface area contributed by atoms with Gasteiger partial charge in [0.1, 0.15) is 12.4 Å². The maximum Gasteiger partial charge on any atom is 0.272 e. The summed E-state index contributed by atoms with van der Waals surface area (Å²) in [6.45, 7) is 0.205. The summed E-state index contributed by atoms with van der Waals surface area (Å²) in [4.78, 5) is 22.8. The van der Waals surface area contributed by atoms with E-state index in [1.54, 1.807) is 42.5 Å². The van der Waals surface area contributed by atoms with Crippen LogP contribution in [0.15, 0.2) is 60.7 Å². The zero-order chi connectivity index (χ0) is 19.0. The van der Waals surface area contributed by atoms with E-state index in [0.717, 1.165) is 6.07 Å². The van der Waals surface area contributed by atoms with Crippen molar-refractivity contribution in [2.24, 2.45) is 0 Å².